The van der Waals surface area contributed by atoms with Crippen LogP contribution in [0.25, 0.3) is 0 Å². The van der Waals surface area contributed by atoms with Gasteiger partial charge in [-0.15, -0.1) is 0 Å². The molecule has 2 aromatic rings. The predicted molar refractivity (Wildman–Crippen MR) is 129 cm³/mol. The number of carbonyl (C=O) groups excluding carboxylic acids is 3. The zero-order valence-corrected chi connectivity index (χ0v) is 20.9. The number of carbonyl (C=O) groups is 3. The Hall–Kier alpha value is -3.24. The minimum atomic E-state index is -3.63. The molecule has 0 saturated heterocycles. The molecule has 184 valence electrons. The number of esters is 1. The van der Waals surface area contributed by atoms with E-state index in [0.29, 0.717) is 18.8 Å². The summed E-state index contributed by atoms with van der Waals surface area (Å²) in [6, 6.07) is 11.0. The number of amides is 2. The molecular weight excluding hydrogens is 458 g/mol. The van der Waals surface area contributed by atoms with E-state index in [4.69, 9.17) is 4.74 Å². The number of anilines is 1. The molecule has 0 aliphatic heterocycles. The van der Waals surface area contributed by atoms with E-state index in [0.717, 1.165) is 11.1 Å². The third-order valence-electron chi connectivity index (χ3n) is 5.17. The van der Waals surface area contributed by atoms with E-state index in [-0.39, 0.29) is 10.5 Å². The Labute approximate surface area is 200 Å². The summed E-state index contributed by atoms with van der Waals surface area (Å²) in [6.07, 6.45) is -1.06. The van der Waals surface area contributed by atoms with Gasteiger partial charge in [0.05, 0.1) is 4.90 Å². The van der Waals surface area contributed by atoms with Crippen molar-refractivity contribution in [1.29, 1.82) is 0 Å². The van der Waals surface area contributed by atoms with E-state index >= 15 is 0 Å². The lowest BCUT2D eigenvalue weighted by atomic mass is 10.1. The number of rotatable bonds is 10. The highest BCUT2D eigenvalue weighted by Crippen LogP contribution is 2.17. The fourth-order valence-electron chi connectivity index (χ4n) is 3.23. The number of nitrogens with zero attached hydrogens (tertiary/aromatic N) is 1. The van der Waals surface area contributed by atoms with Crippen molar-refractivity contribution < 1.29 is 27.5 Å². The maximum absolute atomic E-state index is 12.5. The molecule has 34 heavy (non-hydrogen) atoms. The zero-order valence-electron chi connectivity index (χ0n) is 20.0. The predicted octanol–water partition coefficient (Wildman–Crippen LogP) is 2.63. The van der Waals surface area contributed by atoms with Gasteiger partial charge in [0.25, 0.3) is 11.8 Å². The number of hydrogen-bond acceptors (Lipinski definition) is 6. The lowest BCUT2D eigenvalue weighted by Gasteiger charge is -2.18. The highest BCUT2D eigenvalue weighted by atomic mass is 32.2. The molecule has 0 aliphatic rings. The summed E-state index contributed by atoms with van der Waals surface area (Å²) in [4.78, 5) is 36.8. The SMILES string of the molecule is CCN(CC)S(=O)(=O)c1ccc(C(=O)NCC(=O)OC(C)C(=O)Nc2ccc(C)cc2C)cc1. The Morgan fingerprint density at radius 3 is 2.18 bits per heavy atom. The number of ether oxygens (including phenoxy) is 1. The summed E-state index contributed by atoms with van der Waals surface area (Å²) in [5, 5.41) is 5.12. The van der Waals surface area contributed by atoms with E-state index in [1.807, 2.05) is 26.0 Å². The van der Waals surface area contributed by atoms with Crippen molar-refractivity contribution in [3.8, 4) is 0 Å². The van der Waals surface area contributed by atoms with E-state index in [2.05, 4.69) is 10.6 Å². The van der Waals surface area contributed by atoms with Crippen LogP contribution in [-0.2, 0) is 24.3 Å². The van der Waals surface area contributed by atoms with Crippen LogP contribution in [-0.4, -0.2) is 56.2 Å². The largest absolute Gasteiger partial charge is 0.451 e. The first kappa shape index (κ1) is 27.0. The van der Waals surface area contributed by atoms with E-state index in [9.17, 15) is 22.8 Å². The molecule has 2 N–H and O–H groups in total. The number of nitrogens with one attached hydrogen (secondary N) is 2. The number of sulfonamides is 1. The summed E-state index contributed by atoms with van der Waals surface area (Å²) < 4.78 is 31.5. The van der Waals surface area contributed by atoms with Crippen molar-refractivity contribution in [3.63, 3.8) is 0 Å². The topological polar surface area (TPSA) is 122 Å². The zero-order chi connectivity index (χ0) is 25.5. The molecule has 2 aromatic carbocycles. The lowest BCUT2D eigenvalue weighted by molar-refractivity contribution is -0.152. The van der Waals surface area contributed by atoms with Gasteiger partial charge in [-0.2, -0.15) is 4.31 Å². The van der Waals surface area contributed by atoms with Crippen LogP contribution in [0.2, 0.25) is 0 Å². The smallest absolute Gasteiger partial charge is 0.326 e. The normalized spacial score (nSPS) is 12.2. The molecule has 2 amide bonds. The molecule has 0 saturated carbocycles. The minimum absolute atomic E-state index is 0.0795. The molecule has 1 atom stereocenters. The summed E-state index contributed by atoms with van der Waals surface area (Å²) in [6.45, 7) is 8.97. The second-order valence-electron chi connectivity index (χ2n) is 7.74. The quantitative estimate of drug-likeness (QED) is 0.495. The van der Waals surface area contributed by atoms with Gasteiger partial charge >= 0.3 is 5.97 Å². The molecule has 0 aromatic heterocycles. The Morgan fingerprint density at radius 2 is 1.62 bits per heavy atom. The summed E-state index contributed by atoms with van der Waals surface area (Å²) in [5.74, 6) is -1.84. The van der Waals surface area contributed by atoms with E-state index in [1.54, 1.807) is 19.9 Å². The van der Waals surface area contributed by atoms with Crippen molar-refractivity contribution in [3.05, 3.63) is 59.2 Å². The van der Waals surface area contributed by atoms with Crippen molar-refractivity contribution in [2.24, 2.45) is 0 Å². The molecule has 0 spiro atoms. The average Bonchev–Trinajstić information content (AvgIpc) is 2.79. The summed E-state index contributed by atoms with van der Waals surface area (Å²) >= 11 is 0. The first-order valence-corrected chi connectivity index (χ1v) is 12.4. The lowest BCUT2D eigenvalue weighted by Crippen LogP contribution is -2.36. The molecule has 2 rings (SSSR count). The van der Waals surface area contributed by atoms with Gasteiger partial charge in [-0.05, 0) is 56.7 Å². The number of hydrogen-bond donors (Lipinski definition) is 2. The fraction of sp³-hybridized carbons (Fsp3) is 0.375. The van der Waals surface area contributed by atoms with Crippen LogP contribution in [0.5, 0.6) is 0 Å². The van der Waals surface area contributed by atoms with Gasteiger partial charge in [0.15, 0.2) is 6.10 Å². The van der Waals surface area contributed by atoms with Crippen LogP contribution in [0.4, 0.5) is 5.69 Å². The fourth-order valence-corrected chi connectivity index (χ4v) is 4.68. The standard InChI is InChI=1S/C24H31N3O6S/c1-6-27(7-2)34(31,32)20-11-9-19(10-12-20)24(30)25-15-22(28)33-18(5)23(29)26-21-13-8-16(3)14-17(21)4/h8-14,18H,6-7,15H2,1-5H3,(H,25,30)(H,26,29). The van der Waals surface area contributed by atoms with Gasteiger partial charge in [0, 0.05) is 24.3 Å². The average molecular weight is 490 g/mol. The second kappa shape index (κ2) is 11.8. The summed E-state index contributed by atoms with van der Waals surface area (Å²) in [5.41, 5.74) is 2.76. The van der Waals surface area contributed by atoms with Gasteiger partial charge < -0.3 is 15.4 Å². The van der Waals surface area contributed by atoms with Gasteiger partial charge in [-0.1, -0.05) is 31.5 Å². The molecule has 10 heteroatoms. The Balaban J connectivity index is 1.89. The molecule has 0 aliphatic carbocycles. The first-order valence-electron chi connectivity index (χ1n) is 11.0. The molecule has 1 unspecified atom stereocenters. The third kappa shape index (κ3) is 6.88. The Morgan fingerprint density at radius 1 is 1.00 bits per heavy atom. The third-order valence-corrected chi connectivity index (χ3v) is 7.23. The molecule has 0 heterocycles. The van der Waals surface area contributed by atoms with Crippen LogP contribution in [0.15, 0.2) is 47.4 Å². The van der Waals surface area contributed by atoms with Gasteiger partial charge in [0.2, 0.25) is 10.0 Å². The Bertz CT molecular complexity index is 1140. The molecular formula is C24H31N3O6S. The van der Waals surface area contributed by atoms with Crippen LogP contribution in [0.3, 0.4) is 0 Å². The molecule has 0 fully saturated rings. The number of aryl methyl sites for hydroxylation is 2. The highest BCUT2D eigenvalue weighted by Gasteiger charge is 2.22. The second-order valence-corrected chi connectivity index (χ2v) is 9.67. The monoisotopic (exact) mass is 489 g/mol. The van der Waals surface area contributed by atoms with Gasteiger partial charge in [-0.3, -0.25) is 14.4 Å². The Kier molecular flexibility index (Phi) is 9.34. The highest BCUT2D eigenvalue weighted by molar-refractivity contribution is 7.89. The van der Waals surface area contributed by atoms with Crippen molar-refractivity contribution in [1.82, 2.24) is 9.62 Å². The van der Waals surface area contributed by atoms with Crippen LogP contribution in [0.1, 0.15) is 42.3 Å². The maximum atomic E-state index is 12.5. The van der Waals surface area contributed by atoms with Crippen molar-refractivity contribution in [2.75, 3.05) is 25.0 Å². The van der Waals surface area contributed by atoms with Crippen LogP contribution >= 0.6 is 0 Å². The summed E-state index contributed by atoms with van der Waals surface area (Å²) in [7, 11) is -3.63. The van der Waals surface area contributed by atoms with E-state index in [1.165, 1.54) is 35.5 Å². The molecule has 9 nitrogen and oxygen atoms in total. The van der Waals surface area contributed by atoms with E-state index < -0.39 is 40.5 Å². The van der Waals surface area contributed by atoms with Gasteiger partial charge in [-0.25, -0.2) is 8.42 Å². The van der Waals surface area contributed by atoms with Crippen LogP contribution < -0.4 is 10.6 Å². The van der Waals surface area contributed by atoms with Crippen molar-refractivity contribution in [2.45, 2.75) is 45.6 Å². The minimum Gasteiger partial charge on any atom is -0.451 e. The van der Waals surface area contributed by atoms with Gasteiger partial charge in [0.1, 0.15) is 6.54 Å². The first-order chi connectivity index (χ1) is 16.0. The number of benzene rings is 2. The molecule has 0 bridgehead atoms. The molecule has 0 radical (unpaired) electrons. The van der Waals surface area contributed by atoms with Crippen LogP contribution in [0, 0.1) is 13.8 Å². The van der Waals surface area contributed by atoms with Crippen molar-refractivity contribution >= 4 is 33.5 Å². The maximum Gasteiger partial charge on any atom is 0.326 e.